The van der Waals surface area contributed by atoms with Gasteiger partial charge < -0.3 is 10.1 Å². The maximum Gasteiger partial charge on any atom is 0.0535 e. The molecule has 15 heavy (non-hydrogen) atoms. The molecule has 0 aromatic carbocycles. The third kappa shape index (κ3) is 3.46. The van der Waals surface area contributed by atoms with Crippen molar-refractivity contribution in [2.45, 2.75) is 52.0 Å². The Balaban J connectivity index is 1.78. The molecule has 2 rings (SSSR count). The van der Waals surface area contributed by atoms with E-state index in [0.29, 0.717) is 5.41 Å². The van der Waals surface area contributed by atoms with Gasteiger partial charge in [0, 0.05) is 24.6 Å². The zero-order valence-electron chi connectivity index (χ0n) is 10.2. The van der Waals surface area contributed by atoms with Crippen molar-refractivity contribution < 1.29 is 4.74 Å². The summed E-state index contributed by atoms with van der Waals surface area (Å²) in [7, 11) is 0. The third-order valence-corrected chi connectivity index (χ3v) is 3.78. The fourth-order valence-electron chi connectivity index (χ4n) is 2.32. The number of hydrogen-bond acceptors (Lipinski definition) is 2. The van der Waals surface area contributed by atoms with Crippen LogP contribution in [0.25, 0.3) is 0 Å². The third-order valence-electron chi connectivity index (χ3n) is 3.78. The van der Waals surface area contributed by atoms with Gasteiger partial charge in [-0.15, -0.1) is 0 Å². The smallest absolute Gasteiger partial charge is 0.0535 e. The van der Waals surface area contributed by atoms with E-state index in [0.717, 1.165) is 25.2 Å². The molecular formula is C13H25NO. The summed E-state index contributed by atoms with van der Waals surface area (Å²) in [6.45, 7) is 7.78. The predicted molar refractivity (Wildman–Crippen MR) is 63.0 cm³/mol. The first kappa shape index (κ1) is 11.4. The number of nitrogens with one attached hydrogen (secondary N) is 1. The summed E-state index contributed by atoms with van der Waals surface area (Å²) in [5.41, 5.74) is 0.465. The highest BCUT2D eigenvalue weighted by Crippen LogP contribution is 2.35. The standard InChI is InChI=1S/C13H25NO/c1-11(2)5-6-13(7-8-15-10-13)9-14-12-3-4-12/h11-12,14H,3-10H2,1-2H3. The van der Waals surface area contributed by atoms with E-state index in [-0.39, 0.29) is 0 Å². The molecule has 2 nitrogen and oxygen atoms in total. The summed E-state index contributed by atoms with van der Waals surface area (Å²) in [5.74, 6) is 0.823. The molecule has 1 aliphatic heterocycles. The normalized spacial score (nSPS) is 31.4. The van der Waals surface area contributed by atoms with Crippen LogP contribution in [0.3, 0.4) is 0 Å². The van der Waals surface area contributed by atoms with Crippen LogP contribution in [0, 0.1) is 11.3 Å². The van der Waals surface area contributed by atoms with Crippen LogP contribution in [0.15, 0.2) is 0 Å². The van der Waals surface area contributed by atoms with Gasteiger partial charge in [0.05, 0.1) is 6.61 Å². The van der Waals surface area contributed by atoms with Crippen LogP contribution in [-0.2, 0) is 4.74 Å². The molecule has 0 bridgehead atoms. The quantitative estimate of drug-likeness (QED) is 0.729. The van der Waals surface area contributed by atoms with Crippen molar-refractivity contribution in [2.75, 3.05) is 19.8 Å². The molecule has 2 heteroatoms. The maximum atomic E-state index is 5.61. The molecule has 1 N–H and O–H groups in total. The van der Waals surface area contributed by atoms with Crippen LogP contribution in [0.2, 0.25) is 0 Å². The van der Waals surface area contributed by atoms with Crippen molar-refractivity contribution in [1.29, 1.82) is 0 Å². The first-order chi connectivity index (χ1) is 7.20. The minimum atomic E-state index is 0.465. The fraction of sp³-hybridized carbons (Fsp3) is 1.00. The highest BCUT2D eigenvalue weighted by molar-refractivity contribution is 4.90. The summed E-state index contributed by atoms with van der Waals surface area (Å²) in [6, 6.07) is 0.835. The van der Waals surface area contributed by atoms with Gasteiger partial charge in [-0.1, -0.05) is 20.3 Å². The van der Waals surface area contributed by atoms with E-state index < -0.39 is 0 Å². The van der Waals surface area contributed by atoms with Gasteiger partial charge in [0.2, 0.25) is 0 Å². The molecule has 0 aromatic heterocycles. The Labute approximate surface area is 93.8 Å². The summed E-state index contributed by atoms with van der Waals surface area (Å²) in [5, 5.41) is 3.68. The van der Waals surface area contributed by atoms with E-state index in [1.807, 2.05) is 0 Å². The Bertz CT molecular complexity index is 185. The molecule has 1 heterocycles. The lowest BCUT2D eigenvalue weighted by Crippen LogP contribution is -2.36. The van der Waals surface area contributed by atoms with E-state index in [4.69, 9.17) is 4.74 Å². The summed E-state index contributed by atoms with van der Waals surface area (Å²) < 4.78 is 5.61. The van der Waals surface area contributed by atoms with E-state index >= 15 is 0 Å². The lowest BCUT2D eigenvalue weighted by molar-refractivity contribution is 0.139. The second-order valence-electron chi connectivity index (χ2n) is 5.89. The molecule has 0 amide bonds. The van der Waals surface area contributed by atoms with Crippen LogP contribution >= 0.6 is 0 Å². The zero-order chi connectivity index (χ0) is 10.7. The van der Waals surface area contributed by atoms with Crippen molar-refractivity contribution >= 4 is 0 Å². The molecular weight excluding hydrogens is 186 g/mol. The predicted octanol–water partition coefficient (Wildman–Crippen LogP) is 2.58. The Morgan fingerprint density at radius 3 is 2.73 bits per heavy atom. The Morgan fingerprint density at radius 2 is 2.20 bits per heavy atom. The lowest BCUT2D eigenvalue weighted by Gasteiger charge is -2.28. The molecule has 1 saturated carbocycles. The molecule has 1 unspecified atom stereocenters. The molecule has 0 radical (unpaired) electrons. The topological polar surface area (TPSA) is 21.3 Å². The fourth-order valence-corrected chi connectivity index (χ4v) is 2.32. The van der Waals surface area contributed by atoms with Crippen molar-refractivity contribution in [2.24, 2.45) is 11.3 Å². The molecule has 2 aliphatic rings. The van der Waals surface area contributed by atoms with E-state index in [1.165, 1.54) is 38.6 Å². The molecule has 1 saturated heterocycles. The number of rotatable bonds is 6. The minimum absolute atomic E-state index is 0.465. The van der Waals surface area contributed by atoms with Gasteiger partial charge in [0.25, 0.3) is 0 Å². The second kappa shape index (κ2) is 4.84. The summed E-state index contributed by atoms with van der Waals surface area (Å²) in [4.78, 5) is 0. The Morgan fingerprint density at radius 1 is 1.40 bits per heavy atom. The average Bonchev–Trinajstić information content (AvgIpc) is 2.93. The van der Waals surface area contributed by atoms with Crippen LogP contribution in [-0.4, -0.2) is 25.8 Å². The van der Waals surface area contributed by atoms with Gasteiger partial charge in [-0.05, 0) is 31.6 Å². The van der Waals surface area contributed by atoms with Crippen LogP contribution in [0.1, 0.15) is 46.0 Å². The van der Waals surface area contributed by atoms with Gasteiger partial charge in [-0.3, -0.25) is 0 Å². The maximum absolute atomic E-state index is 5.61. The average molecular weight is 211 g/mol. The van der Waals surface area contributed by atoms with E-state index in [2.05, 4.69) is 19.2 Å². The lowest BCUT2D eigenvalue weighted by atomic mass is 9.80. The van der Waals surface area contributed by atoms with Gasteiger partial charge in [0.1, 0.15) is 0 Å². The Kier molecular flexibility index (Phi) is 3.68. The molecule has 88 valence electrons. The van der Waals surface area contributed by atoms with Crippen LogP contribution in [0.4, 0.5) is 0 Å². The molecule has 1 aliphatic carbocycles. The highest BCUT2D eigenvalue weighted by atomic mass is 16.5. The Hall–Kier alpha value is -0.0800. The van der Waals surface area contributed by atoms with Crippen molar-refractivity contribution in [3.63, 3.8) is 0 Å². The van der Waals surface area contributed by atoms with E-state index in [9.17, 15) is 0 Å². The first-order valence-electron chi connectivity index (χ1n) is 6.51. The van der Waals surface area contributed by atoms with Crippen LogP contribution in [0.5, 0.6) is 0 Å². The van der Waals surface area contributed by atoms with Crippen molar-refractivity contribution in [3.8, 4) is 0 Å². The highest BCUT2D eigenvalue weighted by Gasteiger charge is 2.36. The minimum Gasteiger partial charge on any atom is -0.381 e. The SMILES string of the molecule is CC(C)CCC1(CNC2CC2)CCOC1. The number of ether oxygens (including phenoxy) is 1. The monoisotopic (exact) mass is 211 g/mol. The van der Waals surface area contributed by atoms with Crippen molar-refractivity contribution in [1.82, 2.24) is 5.32 Å². The second-order valence-corrected chi connectivity index (χ2v) is 5.89. The van der Waals surface area contributed by atoms with Gasteiger partial charge >= 0.3 is 0 Å². The largest absolute Gasteiger partial charge is 0.381 e. The first-order valence-corrected chi connectivity index (χ1v) is 6.51. The summed E-state index contributed by atoms with van der Waals surface area (Å²) >= 11 is 0. The van der Waals surface area contributed by atoms with Crippen molar-refractivity contribution in [3.05, 3.63) is 0 Å². The molecule has 0 spiro atoms. The van der Waals surface area contributed by atoms with Crippen LogP contribution < -0.4 is 5.32 Å². The molecule has 1 atom stereocenters. The zero-order valence-corrected chi connectivity index (χ0v) is 10.2. The van der Waals surface area contributed by atoms with Gasteiger partial charge in [-0.2, -0.15) is 0 Å². The van der Waals surface area contributed by atoms with Gasteiger partial charge in [0.15, 0.2) is 0 Å². The number of hydrogen-bond donors (Lipinski definition) is 1. The van der Waals surface area contributed by atoms with E-state index in [1.54, 1.807) is 0 Å². The molecule has 2 fully saturated rings. The molecule has 0 aromatic rings. The van der Waals surface area contributed by atoms with Gasteiger partial charge in [-0.25, -0.2) is 0 Å². The summed E-state index contributed by atoms with van der Waals surface area (Å²) in [6.07, 6.45) is 6.72.